The van der Waals surface area contributed by atoms with E-state index >= 15 is 0 Å². The lowest BCUT2D eigenvalue weighted by Crippen LogP contribution is -2.42. The van der Waals surface area contributed by atoms with Gasteiger partial charge < -0.3 is 10.1 Å². The van der Waals surface area contributed by atoms with Crippen LogP contribution in [-0.4, -0.2) is 70.0 Å². The van der Waals surface area contributed by atoms with Gasteiger partial charge in [0.2, 0.25) is 0 Å². The number of ether oxygens (including phenoxy) is 1. The van der Waals surface area contributed by atoms with Gasteiger partial charge in [-0.25, -0.2) is 0 Å². The van der Waals surface area contributed by atoms with Gasteiger partial charge in [-0.1, -0.05) is 6.92 Å². The molecular formula is C12H27N3O3S. The number of hydrogen-bond acceptors (Lipinski definition) is 4. The third-order valence-electron chi connectivity index (χ3n) is 3.41. The van der Waals surface area contributed by atoms with Crippen molar-refractivity contribution in [1.82, 2.24) is 13.9 Å². The lowest BCUT2D eigenvalue weighted by Gasteiger charge is -2.24. The number of nitrogens with one attached hydrogen (secondary N) is 1. The molecule has 1 unspecified atom stereocenters. The molecule has 7 heteroatoms. The van der Waals surface area contributed by atoms with Gasteiger partial charge in [0.1, 0.15) is 0 Å². The van der Waals surface area contributed by atoms with Crippen molar-refractivity contribution < 1.29 is 13.2 Å². The normalized spacial score (nSPS) is 21.4. The second-order valence-corrected chi connectivity index (χ2v) is 6.97. The van der Waals surface area contributed by atoms with Crippen molar-refractivity contribution in [2.45, 2.75) is 32.3 Å². The number of methoxy groups -OCH3 is 1. The van der Waals surface area contributed by atoms with E-state index in [1.54, 1.807) is 14.2 Å². The highest BCUT2D eigenvalue weighted by atomic mass is 32.2. The van der Waals surface area contributed by atoms with Crippen LogP contribution < -0.4 is 5.32 Å². The van der Waals surface area contributed by atoms with Gasteiger partial charge in [0.15, 0.2) is 0 Å². The Hall–Kier alpha value is -0.210. The highest BCUT2D eigenvalue weighted by Crippen LogP contribution is 2.17. The van der Waals surface area contributed by atoms with E-state index in [0.717, 1.165) is 32.4 Å². The fourth-order valence-corrected chi connectivity index (χ4v) is 3.59. The minimum Gasteiger partial charge on any atom is -0.380 e. The summed E-state index contributed by atoms with van der Waals surface area (Å²) in [4.78, 5) is 0. The molecule has 1 aliphatic heterocycles. The van der Waals surface area contributed by atoms with Crippen LogP contribution in [0.3, 0.4) is 0 Å². The van der Waals surface area contributed by atoms with E-state index in [1.807, 2.05) is 0 Å². The predicted molar refractivity (Wildman–Crippen MR) is 76.3 cm³/mol. The summed E-state index contributed by atoms with van der Waals surface area (Å²) >= 11 is 0. The topological polar surface area (TPSA) is 61.9 Å². The molecule has 1 rings (SSSR count). The van der Waals surface area contributed by atoms with Gasteiger partial charge >= 0.3 is 0 Å². The molecule has 1 fully saturated rings. The van der Waals surface area contributed by atoms with Gasteiger partial charge in [-0.3, -0.25) is 0 Å². The van der Waals surface area contributed by atoms with Crippen molar-refractivity contribution >= 4 is 10.2 Å². The van der Waals surface area contributed by atoms with Gasteiger partial charge in [0.25, 0.3) is 10.2 Å². The maximum Gasteiger partial charge on any atom is 0.281 e. The first-order valence-corrected chi connectivity index (χ1v) is 8.37. The second-order valence-electron chi connectivity index (χ2n) is 4.94. The number of hydrogen-bond donors (Lipinski definition) is 1. The first-order chi connectivity index (χ1) is 9.02. The Labute approximate surface area is 117 Å². The van der Waals surface area contributed by atoms with Crippen LogP contribution in [0.2, 0.25) is 0 Å². The van der Waals surface area contributed by atoms with E-state index in [1.165, 1.54) is 8.61 Å². The molecule has 114 valence electrons. The summed E-state index contributed by atoms with van der Waals surface area (Å²) in [5.74, 6) is 0. The molecule has 1 saturated heterocycles. The monoisotopic (exact) mass is 293 g/mol. The van der Waals surface area contributed by atoms with Crippen molar-refractivity contribution in [3.8, 4) is 0 Å². The van der Waals surface area contributed by atoms with Crippen molar-refractivity contribution in [1.29, 1.82) is 0 Å². The van der Waals surface area contributed by atoms with Gasteiger partial charge in [0, 0.05) is 33.8 Å². The molecule has 0 saturated carbocycles. The molecule has 0 bridgehead atoms. The Balaban J connectivity index is 2.35. The largest absolute Gasteiger partial charge is 0.380 e. The quantitative estimate of drug-likeness (QED) is 0.620. The van der Waals surface area contributed by atoms with E-state index in [-0.39, 0.29) is 6.10 Å². The molecule has 0 radical (unpaired) electrons. The molecule has 1 atom stereocenters. The molecule has 0 amide bonds. The predicted octanol–water partition coefficient (Wildman–Crippen LogP) is 0.273. The third-order valence-corrected chi connectivity index (χ3v) is 5.37. The molecule has 0 aromatic rings. The van der Waals surface area contributed by atoms with Crippen LogP contribution in [-0.2, 0) is 14.9 Å². The van der Waals surface area contributed by atoms with E-state index in [4.69, 9.17) is 4.74 Å². The van der Waals surface area contributed by atoms with Crippen molar-refractivity contribution in [2.24, 2.45) is 0 Å². The Morgan fingerprint density at radius 1 is 1.42 bits per heavy atom. The highest BCUT2D eigenvalue weighted by Gasteiger charge is 2.33. The standard InChI is InChI=1S/C12H27N3O3S/c1-4-7-13-8-5-9-14(2)19(16,17)15-10-6-12(11-15)18-3/h12-13H,4-11H2,1-3H3. The lowest BCUT2D eigenvalue weighted by molar-refractivity contribution is 0.114. The van der Waals surface area contributed by atoms with Crippen LogP contribution in [0.15, 0.2) is 0 Å². The fraction of sp³-hybridized carbons (Fsp3) is 1.00. The fourth-order valence-electron chi connectivity index (χ4n) is 2.14. The van der Waals surface area contributed by atoms with Gasteiger partial charge in [-0.2, -0.15) is 17.0 Å². The minimum atomic E-state index is -3.32. The van der Waals surface area contributed by atoms with Crippen LogP contribution in [0.5, 0.6) is 0 Å². The Morgan fingerprint density at radius 3 is 2.74 bits per heavy atom. The highest BCUT2D eigenvalue weighted by molar-refractivity contribution is 7.86. The molecule has 0 spiro atoms. The van der Waals surface area contributed by atoms with Gasteiger partial charge in [-0.05, 0) is 32.4 Å². The van der Waals surface area contributed by atoms with Crippen LogP contribution >= 0.6 is 0 Å². The van der Waals surface area contributed by atoms with Crippen LogP contribution in [0.4, 0.5) is 0 Å². The summed E-state index contributed by atoms with van der Waals surface area (Å²) in [6, 6.07) is 0. The van der Waals surface area contributed by atoms with Crippen molar-refractivity contribution in [2.75, 3.05) is 46.9 Å². The molecular weight excluding hydrogens is 266 g/mol. The van der Waals surface area contributed by atoms with Crippen LogP contribution in [0.25, 0.3) is 0 Å². The summed E-state index contributed by atoms with van der Waals surface area (Å²) in [5.41, 5.74) is 0. The average molecular weight is 293 g/mol. The lowest BCUT2D eigenvalue weighted by atomic mass is 10.3. The summed E-state index contributed by atoms with van der Waals surface area (Å²) in [6.07, 6.45) is 2.74. The zero-order valence-electron chi connectivity index (χ0n) is 12.3. The molecule has 6 nitrogen and oxygen atoms in total. The van der Waals surface area contributed by atoms with Gasteiger partial charge in [-0.15, -0.1) is 0 Å². The third kappa shape index (κ3) is 5.00. The van der Waals surface area contributed by atoms with Crippen LogP contribution in [0, 0.1) is 0 Å². The zero-order valence-corrected chi connectivity index (χ0v) is 13.1. The molecule has 1 aliphatic rings. The van der Waals surface area contributed by atoms with E-state index < -0.39 is 10.2 Å². The SMILES string of the molecule is CCCNCCCN(C)S(=O)(=O)N1CCC(OC)C1. The molecule has 0 aliphatic carbocycles. The van der Waals surface area contributed by atoms with Crippen molar-refractivity contribution in [3.63, 3.8) is 0 Å². The Bertz CT molecular complexity index is 348. The molecule has 1 N–H and O–H groups in total. The summed E-state index contributed by atoms with van der Waals surface area (Å²) in [6.45, 7) is 5.53. The van der Waals surface area contributed by atoms with E-state index in [2.05, 4.69) is 12.2 Å². The molecule has 0 aromatic heterocycles. The van der Waals surface area contributed by atoms with E-state index in [0.29, 0.717) is 19.6 Å². The number of nitrogens with zero attached hydrogens (tertiary/aromatic N) is 2. The average Bonchev–Trinajstić information content (AvgIpc) is 2.87. The summed E-state index contributed by atoms with van der Waals surface area (Å²) in [5, 5.41) is 3.27. The summed E-state index contributed by atoms with van der Waals surface area (Å²) < 4.78 is 32.7. The summed E-state index contributed by atoms with van der Waals surface area (Å²) in [7, 11) is -0.0386. The molecule has 0 aromatic carbocycles. The Kier molecular flexibility index (Phi) is 7.23. The second kappa shape index (κ2) is 8.16. The minimum absolute atomic E-state index is 0.0365. The van der Waals surface area contributed by atoms with Crippen LogP contribution in [0.1, 0.15) is 26.2 Å². The smallest absolute Gasteiger partial charge is 0.281 e. The van der Waals surface area contributed by atoms with E-state index in [9.17, 15) is 8.42 Å². The first kappa shape index (κ1) is 16.8. The molecule has 1 heterocycles. The Morgan fingerprint density at radius 2 is 2.16 bits per heavy atom. The maximum absolute atomic E-state index is 12.3. The number of rotatable bonds is 9. The molecule has 19 heavy (non-hydrogen) atoms. The maximum atomic E-state index is 12.3. The zero-order chi connectivity index (χ0) is 14.3. The van der Waals surface area contributed by atoms with Crippen molar-refractivity contribution in [3.05, 3.63) is 0 Å². The van der Waals surface area contributed by atoms with Gasteiger partial charge in [0.05, 0.1) is 6.10 Å². The first-order valence-electron chi connectivity index (χ1n) is 6.97.